The number of aliphatic hydroxyl groups excluding tert-OH is 7. The Morgan fingerprint density at radius 2 is 1.39 bits per heavy atom. The summed E-state index contributed by atoms with van der Waals surface area (Å²) in [5, 5.41) is 131. The summed E-state index contributed by atoms with van der Waals surface area (Å²) in [4.78, 5) is 116. The Hall–Kier alpha value is -8.28. The Balaban J connectivity index is 1.29. The summed E-state index contributed by atoms with van der Waals surface area (Å²) in [7, 11) is 1.54. The van der Waals surface area contributed by atoms with Crippen LogP contribution in [0.15, 0.2) is 95.9 Å². The van der Waals surface area contributed by atoms with Gasteiger partial charge in [0.05, 0.1) is 92.5 Å². The predicted molar refractivity (Wildman–Crippen MR) is 406 cm³/mol. The molecule has 23 unspecified atom stereocenters. The highest BCUT2D eigenvalue weighted by molar-refractivity contribution is 5.96. The van der Waals surface area contributed by atoms with Crippen molar-refractivity contribution in [2.24, 2.45) is 35.0 Å². The van der Waals surface area contributed by atoms with Crippen molar-refractivity contribution in [2.45, 2.75) is 252 Å². The molecule has 5 bridgehead atoms. The number of benzene rings is 1. The fourth-order valence-corrected chi connectivity index (χ4v) is 14.7. The molecule has 5 amide bonds. The fourth-order valence-electron chi connectivity index (χ4n) is 14.7. The van der Waals surface area contributed by atoms with Gasteiger partial charge in [-0.1, -0.05) is 56.4 Å². The number of carbonyl (C=O) groups excluding carboxylic acids is 7. The number of phenols is 2. The lowest BCUT2D eigenvalue weighted by Gasteiger charge is -2.47. The number of ether oxygens (including phenoxy) is 8. The number of fused-ring (bicyclic) bond motifs is 6. The summed E-state index contributed by atoms with van der Waals surface area (Å²) < 4.78 is 51.6. The number of likely N-dealkylation sites (N-methyl/N-ethyl adjacent to an activating group) is 1. The highest BCUT2D eigenvalue weighted by atomic mass is 16.8. The molecule has 23 atom stereocenters. The molecule has 23 N–H and O–H groups in total. The smallest absolute Gasteiger partial charge is 0.325 e. The molecule has 0 saturated carbocycles. The molecule has 114 heavy (non-hydrogen) atoms. The summed E-state index contributed by atoms with van der Waals surface area (Å²) in [6.07, 6.45) is -4.50. The molecule has 6 aliphatic heterocycles. The third-order valence-electron chi connectivity index (χ3n) is 21.2. The van der Waals surface area contributed by atoms with E-state index in [4.69, 9.17) is 55.1 Å². The molecular formula is C78H116N10O26. The number of aromatic hydroxyl groups is 2. The largest absolute Gasteiger partial charge is 0.512 e. The van der Waals surface area contributed by atoms with Gasteiger partial charge < -0.3 is 138 Å². The Bertz CT molecular complexity index is 3730. The molecule has 0 aromatic heterocycles. The van der Waals surface area contributed by atoms with Gasteiger partial charge in [-0.25, -0.2) is 0 Å². The number of phenolic OH excluding ortho intramolecular Hbond substituents is 2. The summed E-state index contributed by atoms with van der Waals surface area (Å²) in [6, 6.07) is -7.03. The molecule has 634 valence electrons. The van der Waals surface area contributed by atoms with Crippen molar-refractivity contribution >= 4 is 47.1 Å². The first kappa shape index (κ1) is 91.2. The zero-order valence-corrected chi connectivity index (χ0v) is 65.3. The predicted octanol–water partition coefficient (Wildman–Crippen LogP) is -1.25. The van der Waals surface area contributed by atoms with Crippen molar-refractivity contribution in [2.75, 3.05) is 46.5 Å². The van der Waals surface area contributed by atoms with Gasteiger partial charge in [0, 0.05) is 48.9 Å². The number of hydrogen-bond donors (Lipinski definition) is 20. The van der Waals surface area contributed by atoms with Gasteiger partial charge in [-0.05, 0) is 134 Å². The number of carboxylic acid groups (broad SMARTS) is 1. The summed E-state index contributed by atoms with van der Waals surface area (Å²) in [6.45, 7) is 6.36. The van der Waals surface area contributed by atoms with Crippen LogP contribution in [0, 0.1) is 17.8 Å². The van der Waals surface area contributed by atoms with Crippen LogP contribution in [0.25, 0.3) is 0 Å². The lowest BCUT2D eigenvalue weighted by molar-refractivity contribution is -0.342. The van der Waals surface area contributed by atoms with E-state index in [1.807, 2.05) is 13.8 Å². The molecule has 0 spiro atoms. The van der Waals surface area contributed by atoms with Gasteiger partial charge in [0.2, 0.25) is 41.6 Å². The van der Waals surface area contributed by atoms with Crippen LogP contribution in [0.1, 0.15) is 136 Å². The first-order chi connectivity index (χ1) is 54.0. The fraction of sp³-hybridized carbons (Fsp3) is 0.641. The number of carboxylic acids is 1. The number of allylic oxidation sites excluding steroid dienone is 9. The zero-order chi connectivity index (χ0) is 83.5. The van der Waals surface area contributed by atoms with E-state index in [0.29, 0.717) is 6.42 Å². The van der Waals surface area contributed by atoms with Crippen LogP contribution in [0.5, 0.6) is 11.5 Å². The minimum absolute atomic E-state index is 0.0103. The molecule has 7 aliphatic rings. The van der Waals surface area contributed by atoms with E-state index in [2.05, 4.69) is 37.2 Å². The van der Waals surface area contributed by atoms with Gasteiger partial charge in [-0.2, -0.15) is 0 Å². The van der Waals surface area contributed by atoms with Crippen LogP contribution in [0.2, 0.25) is 0 Å². The molecule has 6 heterocycles. The van der Waals surface area contributed by atoms with Gasteiger partial charge in [0.15, 0.2) is 41.8 Å². The highest BCUT2D eigenvalue weighted by Crippen LogP contribution is 2.39. The Labute approximate surface area is 661 Å². The van der Waals surface area contributed by atoms with E-state index in [1.54, 1.807) is 52.0 Å². The molecule has 3 saturated heterocycles. The van der Waals surface area contributed by atoms with Gasteiger partial charge in [0.1, 0.15) is 61.2 Å². The third-order valence-corrected chi connectivity index (χ3v) is 21.2. The summed E-state index contributed by atoms with van der Waals surface area (Å²) in [5.41, 5.74) is 16.3. The maximum Gasteiger partial charge on any atom is 0.325 e. The van der Waals surface area contributed by atoms with Gasteiger partial charge in [0.25, 0.3) is 0 Å². The molecule has 1 aromatic rings. The molecule has 8 rings (SSSR count). The van der Waals surface area contributed by atoms with Crippen molar-refractivity contribution in [1.29, 1.82) is 0 Å². The van der Waals surface area contributed by atoms with Crippen molar-refractivity contribution < 1.29 is 127 Å². The maximum absolute atomic E-state index is 16.0. The molecular weight excluding hydrogens is 1490 g/mol. The molecule has 1 aromatic carbocycles. The summed E-state index contributed by atoms with van der Waals surface area (Å²) in [5.74, 6) is -12.9. The van der Waals surface area contributed by atoms with Crippen molar-refractivity contribution in [3.63, 3.8) is 0 Å². The first-order valence-corrected chi connectivity index (χ1v) is 38.7. The van der Waals surface area contributed by atoms with E-state index in [-0.39, 0.29) is 124 Å². The van der Waals surface area contributed by atoms with Crippen LogP contribution in [-0.4, -0.2) is 266 Å². The second kappa shape index (κ2) is 42.0. The number of hydrogen-bond acceptors (Lipinski definition) is 30. The summed E-state index contributed by atoms with van der Waals surface area (Å²) >= 11 is 0. The van der Waals surface area contributed by atoms with E-state index < -0.39 is 230 Å². The minimum atomic E-state index is -1.91. The van der Waals surface area contributed by atoms with Crippen LogP contribution in [0.3, 0.4) is 0 Å². The van der Waals surface area contributed by atoms with Crippen LogP contribution >= 0.6 is 0 Å². The van der Waals surface area contributed by atoms with E-state index in [0.717, 1.165) is 12.1 Å². The van der Waals surface area contributed by atoms with E-state index in [9.17, 15) is 75.0 Å². The highest BCUT2D eigenvalue weighted by Gasteiger charge is 2.52. The number of Topliss-reactive ketones (excluding diaryl/α,β-unsaturated/α-hetero) is 2. The molecule has 36 nitrogen and oxygen atoms in total. The quantitative estimate of drug-likeness (QED) is 0.0912. The minimum Gasteiger partial charge on any atom is -0.512 e. The lowest BCUT2D eigenvalue weighted by atomic mass is 9.86. The molecule has 0 radical (unpaired) electrons. The number of carbonyl (C=O) groups is 8. The van der Waals surface area contributed by atoms with Crippen LogP contribution in [-0.2, 0) is 82.7 Å². The lowest BCUT2D eigenvalue weighted by Crippen LogP contribution is -2.64. The Morgan fingerprint density at radius 3 is 2.04 bits per heavy atom. The SMILES string of the molecule is CNC(CC(C)C)C(=O)NC1C(=O)NC(CC(N)=O)C(=O)NCC2C(=O)NC3CC/C=C\C=C(O)CCc4c(O)cc(O)cc4C(C(=O)O)NCC(=O)C(CC(OC4CC(C)(N)C(O)C(C)O4)CC/C=C\COC4=C(OC5OC(CO)C(O)C(O)C5OC5CC(C)(N)C(O)C(C)O5)C(=CC2C=C4)OC/C=C\CCC1O)NCC3=O. The van der Waals surface area contributed by atoms with Gasteiger partial charge in [-0.15, -0.1) is 0 Å². The number of amides is 5. The second-order valence-electron chi connectivity index (χ2n) is 31.0. The van der Waals surface area contributed by atoms with Crippen LogP contribution in [0.4, 0.5) is 0 Å². The average molecular weight is 1610 g/mol. The van der Waals surface area contributed by atoms with Crippen molar-refractivity contribution in [1.82, 2.24) is 37.2 Å². The maximum atomic E-state index is 16.0. The van der Waals surface area contributed by atoms with E-state index in [1.165, 1.54) is 43.5 Å². The number of aliphatic carboxylic acids is 1. The Kier molecular flexibility index (Phi) is 33.6. The van der Waals surface area contributed by atoms with E-state index >= 15 is 14.4 Å². The number of rotatable bonds is 15. The van der Waals surface area contributed by atoms with Crippen molar-refractivity contribution in [3.8, 4) is 11.5 Å². The molecule has 36 heteroatoms. The number of ketones is 2. The van der Waals surface area contributed by atoms with Crippen molar-refractivity contribution in [3.05, 3.63) is 107 Å². The number of nitrogens with one attached hydrogen (secondary N) is 7. The normalized spacial score (nSPS) is 35.9. The first-order valence-electron chi connectivity index (χ1n) is 38.7. The van der Waals surface area contributed by atoms with Gasteiger partial charge >= 0.3 is 5.97 Å². The second-order valence-corrected chi connectivity index (χ2v) is 31.0. The molecule has 1 aliphatic carbocycles. The number of aliphatic hydroxyl groups is 7. The van der Waals surface area contributed by atoms with Crippen LogP contribution < -0.4 is 54.4 Å². The molecule has 3 fully saturated rings. The van der Waals surface area contributed by atoms with Gasteiger partial charge in [-0.3, -0.25) is 43.7 Å². The third kappa shape index (κ3) is 25.1. The zero-order valence-electron chi connectivity index (χ0n) is 65.3. The number of nitrogens with two attached hydrogens (primary N) is 3. The average Bonchev–Trinajstić information content (AvgIpc) is 1.07. The topological polar surface area (TPSA) is 575 Å². The standard InChI is InChI=1S/C78H116N10O26/c1-39(2)27-51(82-7)73(103)88-64-53(92)20-14-10-16-26-108-58-28-42-21-24-57(67(58)114-76-68(66(98)65(97)59(38-89)112-76)113-62-34-78(6,81)70(100)41(4)110-62)107-25-15-9-12-18-45(111-61-33-77(5,80)69(99)40(3)109-61)31-50-56(95)37-84-63(75(105)106)47-29-44(91)30-54(93)46(47)23-22-43(90)17-11-8-13-19-49(55(94)36-83-50)86-71(101)48(42)35-85-72(102)52(32-60(79)96)87-74(64)104/h8-11,15-17,21,24,28-30,39-42,45,48-53,59,61-66,68-70,76,82-84,89-93,97-100H,12-14,18-20,22-23,25-27,31-38,80-81H2,1-7H3,(H2,79,96)(H,85,102)(H,86,101)(H,87,104)(H,88,103)(H,105,106)/b11-8-,15-9-,16-10-,43-17?. The monoisotopic (exact) mass is 1610 g/mol. The number of primary amides is 1. The Morgan fingerprint density at radius 1 is 0.754 bits per heavy atom.